The first-order valence-electron chi connectivity index (χ1n) is 6.95. The molecule has 1 atom stereocenters. The van der Waals surface area contributed by atoms with Gasteiger partial charge in [0.25, 0.3) is 0 Å². The van der Waals surface area contributed by atoms with Crippen molar-refractivity contribution in [3.8, 4) is 5.75 Å². The fourth-order valence-corrected chi connectivity index (χ4v) is 2.39. The van der Waals surface area contributed by atoms with E-state index in [1.54, 1.807) is 0 Å². The fourth-order valence-electron chi connectivity index (χ4n) is 2.39. The Kier molecular flexibility index (Phi) is 3.64. The summed E-state index contributed by atoms with van der Waals surface area (Å²) in [7, 11) is 0. The molecular formula is C14H19N5O. The van der Waals surface area contributed by atoms with E-state index in [0.29, 0.717) is 19.1 Å². The van der Waals surface area contributed by atoms with Crippen molar-refractivity contribution < 1.29 is 4.74 Å². The summed E-state index contributed by atoms with van der Waals surface area (Å²) in [6, 6.07) is 8.11. The molecule has 1 unspecified atom stereocenters. The van der Waals surface area contributed by atoms with Crippen LogP contribution in [0, 0.1) is 5.92 Å². The van der Waals surface area contributed by atoms with Gasteiger partial charge >= 0.3 is 0 Å². The molecule has 0 aliphatic carbocycles. The third-order valence-electron chi connectivity index (χ3n) is 3.37. The fraction of sp³-hybridized carbons (Fsp3) is 0.500. The lowest BCUT2D eigenvalue weighted by atomic mass is 10.1. The molecule has 1 aliphatic heterocycles. The molecule has 2 aromatic rings. The Morgan fingerprint density at radius 1 is 1.40 bits per heavy atom. The first kappa shape index (κ1) is 13.1. The zero-order chi connectivity index (χ0) is 13.9. The third kappa shape index (κ3) is 2.51. The summed E-state index contributed by atoms with van der Waals surface area (Å²) in [4.78, 5) is 0. The minimum atomic E-state index is 0.0667. The molecule has 0 saturated carbocycles. The highest BCUT2D eigenvalue weighted by Crippen LogP contribution is 2.34. The third-order valence-corrected chi connectivity index (χ3v) is 3.37. The number of benzene rings is 1. The highest BCUT2D eigenvalue weighted by atomic mass is 16.5. The molecule has 0 radical (unpaired) electrons. The zero-order valence-electron chi connectivity index (χ0n) is 11.8. The number of aromatic nitrogens is 4. The molecule has 0 fully saturated rings. The van der Waals surface area contributed by atoms with Crippen LogP contribution in [0.25, 0.3) is 0 Å². The van der Waals surface area contributed by atoms with Crippen molar-refractivity contribution in [2.24, 2.45) is 5.92 Å². The zero-order valence-corrected chi connectivity index (χ0v) is 11.8. The number of hydrogen-bond acceptors (Lipinski definition) is 5. The van der Waals surface area contributed by atoms with Crippen molar-refractivity contribution in [2.75, 3.05) is 13.2 Å². The van der Waals surface area contributed by atoms with Gasteiger partial charge in [-0.25, -0.2) is 4.68 Å². The second-order valence-corrected chi connectivity index (χ2v) is 5.43. The number of nitrogens with one attached hydrogen (secondary N) is 1. The van der Waals surface area contributed by atoms with Gasteiger partial charge in [-0.05, 0) is 29.0 Å². The lowest BCUT2D eigenvalue weighted by Crippen LogP contribution is -2.24. The van der Waals surface area contributed by atoms with Gasteiger partial charge in [0, 0.05) is 5.56 Å². The SMILES string of the molecule is CC(C)CNCc1nnnn1C1COc2ccccc21. The molecule has 3 rings (SSSR count). The molecule has 106 valence electrons. The highest BCUT2D eigenvalue weighted by molar-refractivity contribution is 5.39. The molecule has 1 N–H and O–H groups in total. The van der Waals surface area contributed by atoms with Crippen LogP contribution in [0.1, 0.15) is 31.3 Å². The number of fused-ring (bicyclic) bond motifs is 1. The van der Waals surface area contributed by atoms with Gasteiger partial charge in [-0.15, -0.1) is 5.10 Å². The Labute approximate surface area is 118 Å². The van der Waals surface area contributed by atoms with Crippen LogP contribution in [0.15, 0.2) is 24.3 Å². The van der Waals surface area contributed by atoms with Gasteiger partial charge in [0.1, 0.15) is 18.4 Å². The average Bonchev–Trinajstić information content (AvgIpc) is 3.04. The van der Waals surface area contributed by atoms with Gasteiger partial charge in [-0.3, -0.25) is 0 Å². The molecule has 20 heavy (non-hydrogen) atoms. The van der Waals surface area contributed by atoms with Crippen LogP contribution in [0.5, 0.6) is 5.75 Å². The monoisotopic (exact) mass is 273 g/mol. The molecule has 2 heterocycles. The lowest BCUT2D eigenvalue weighted by molar-refractivity contribution is 0.302. The van der Waals surface area contributed by atoms with Crippen LogP contribution in [0.2, 0.25) is 0 Å². The van der Waals surface area contributed by atoms with Gasteiger partial charge in [-0.2, -0.15) is 0 Å². The van der Waals surface area contributed by atoms with Crippen molar-refractivity contribution in [1.29, 1.82) is 0 Å². The second kappa shape index (κ2) is 5.58. The normalized spacial score (nSPS) is 17.2. The van der Waals surface area contributed by atoms with Crippen LogP contribution in [0.3, 0.4) is 0 Å². The van der Waals surface area contributed by atoms with E-state index in [1.165, 1.54) is 0 Å². The van der Waals surface area contributed by atoms with Crippen LogP contribution in [0.4, 0.5) is 0 Å². The summed E-state index contributed by atoms with van der Waals surface area (Å²) in [6.07, 6.45) is 0. The Hall–Kier alpha value is -1.95. The number of ether oxygens (including phenoxy) is 1. The largest absolute Gasteiger partial charge is 0.491 e. The van der Waals surface area contributed by atoms with Gasteiger partial charge in [-0.1, -0.05) is 32.0 Å². The van der Waals surface area contributed by atoms with Crippen molar-refractivity contribution in [3.63, 3.8) is 0 Å². The molecule has 1 aliphatic rings. The molecular weight excluding hydrogens is 254 g/mol. The van der Waals surface area contributed by atoms with Gasteiger partial charge in [0.05, 0.1) is 6.54 Å². The maximum atomic E-state index is 5.70. The van der Waals surface area contributed by atoms with Crippen LogP contribution in [-0.4, -0.2) is 33.4 Å². The summed E-state index contributed by atoms with van der Waals surface area (Å²) in [5.74, 6) is 2.37. The van der Waals surface area contributed by atoms with Crippen molar-refractivity contribution >= 4 is 0 Å². The minimum absolute atomic E-state index is 0.0667. The number of tetrazole rings is 1. The van der Waals surface area contributed by atoms with E-state index in [-0.39, 0.29) is 6.04 Å². The Balaban J connectivity index is 1.77. The van der Waals surface area contributed by atoms with E-state index in [1.807, 2.05) is 22.9 Å². The molecule has 0 spiro atoms. The van der Waals surface area contributed by atoms with E-state index in [0.717, 1.165) is 23.7 Å². The van der Waals surface area contributed by atoms with Gasteiger partial charge in [0.2, 0.25) is 0 Å². The predicted octanol–water partition coefficient (Wildman–Crippen LogP) is 1.40. The smallest absolute Gasteiger partial charge is 0.165 e. The van der Waals surface area contributed by atoms with E-state index in [4.69, 9.17) is 4.74 Å². The molecule has 0 amide bonds. The van der Waals surface area contributed by atoms with Crippen LogP contribution >= 0.6 is 0 Å². The summed E-state index contributed by atoms with van der Waals surface area (Å²) < 4.78 is 7.56. The molecule has 0 saturated heterocycles. The number of hydrogen-bond donors (Lipinski definition) is 1. The second-order valence-electron chi connectivity index (χ2n) is 5.43. The van der Waals surface area contributed by atoms with Crippen LogP contribution in [-0.2, 0) is 6.54 Å². The van der Waals surface area contributed by atoms with E-state index in [2.05, 4.69) is 40.8 Å². The maximum absolute atomic E-state index is 5.70. The molecule has 1 aromatic heterocycles. The Morgan fingerprint density at radius 3 is 3.10 bits per heavy atom. The van der Waals surface area contributed by atoms with Crippen molar-refractivity contribution in [2.45, 2.75) is 26.4 Å². The number of rotatable bonds is 5. The predicted molar refractivity (Wildman–Crippen MR) is 74.4 cm³/mol. The summed E-state index contributed by atoms with van der Waals surface area (Å²) >= 11 is 0. The summed E-state index contributed by atoms with van der Waals surface area (Å²) in [5, 5.41) is 15.4. The van der Waals surface area contributed by atoms with Crippen molar-refractivity contribution in [3.05, 3.63) is 35.7 Å². The van der Waals surface area contributed by atoms with E-state index >= 15 is 0 Å². The van der Waals surface area contributed by atoms with E-state index < -0.39 is 0 Å². The molecule has 6 nitrogen and oxygen atoms in total. The summed E-state index contributed by atoms with van der Waals surface area (Å²) in [6.45, 7) is 6.56. The Bertz CT molecular complexity index is 580. The van der Waals surface area contributed by atoms with Gasteiger partial charge in [0.15, 0.2) is 5.82 Å². The van der Waals surface area contributed by atoms with Crippen molar-refractivity contribution in [1.82, 2.24) is 25.5 Å². The standard InChI is InChI=1S/C14H19N5O/c1-10(2)7-15-8-14-16-17-18-19(14)12-9-20-13-6-4-3-5-11(12)13/h3-6,10,12,15H,7-9H2,1-2H3. The van der Waals surface area contributed by atoms with Gasteiger partial charge < -0.3 is 10.1 Å². The Morgan fingerprint density at radius 2 is 2.25 bits per heavy atom. The number of nitrogens with zero attached hydrogens (tertiary/aromatic N) is 4. The molecule has 6 heteroatoms. The summed E-state index contributed by atoms with van der Waals surface area (Å²) in [5.41, 5.74) is 1.14. The average molecular weight is 273 g/mol. The van der Waals surface area contributed by atoms with E-state index in [9.17, 15) is 0 Å². The number of para-hydroxylation sites is 1. The topological polar surface area (TPSA) is 64.9 Å². The molecule has 1 aromatic carbocycles. The first-order chi connectivity index (χ1) is 9.75. The van der Waals surface area contributed by atoms with Crippen LogP contribution < -0.4 is 10.1 Å². The first-order valence-corrected chi connectivity index (χ1v) is 6.95. The quantitative estimate of drug-likeness (QED) is 0.892. The lowest BCUT2D eigenvalue weighted by Gasteiger charge is -2.12. The minimum Gasteiger partial charge on any atom is -0.491 e. The maximum Gasteiger partial charge on any atom is 0.165 e. The highest BCUT2D eigenvalue weighted by Gasteiger charge is 2.28. The molecule has 0 bridgehead atoms.